The molecule has 9 nitrogen and oxygen atoms in total. The summed E-state index contributed by atoms with van der Waals surface area (Å²) in [6.45, 7) is 3.43. The van der Waals surface area contributed by atoms with Crippen LogP contribution in [-0.4, -0.2) is 37.0 Å². The number of nitrogens with zero attached hydrogens (tertiary/aromatic N) is 1. The Morgan fingerprint density at radius 3 is 2.44 bits per heavy atom. The number of nitrogens with one attached hydrogen (secondary N) is 2. The standard InChI is InChI=1S/C28H21BrCl3N3O6/c1-3-40-23-10-15(9-19(29)25(23)41-13-24(36)33-16-5-7-20(30)22(32)11-16)8-18-26(37)34-28(39)35(27(18)38)17-6-4-14(2)21(31)12-17/h4-12H,3,13H2,1-2H3,(H,33,36)(H,34,37,39)/b18-8+. The second kappa shape index (κ2) is 12.9. The predicted octanol–water partition coefficient (Wildman–Crippen LogP) is 6.80. The number of anilines is 2. The van der Waals surface area contributed by atoms with Gasteiger partial charge in [0.05, 0.1) is 26.8 Å². The molecule has 3 aromatic carbocycles. The molecule has 212 valence electrons. The molecule has 0 unspecified atom stereocenters. The molecule has 2 N–H and O–H groups in total. The molecule has 4 rings (SSSR count). The first-order valence-corrected chi connectivity index (χ1v) is 13.9. The van der Waals surface area contributed by atoms with Crippen LogP contribution in [0.1, 0.15) is 18.1 Å². The monoisotopic (exact) mass is 679 g/mol. The van der Waals surface area contributed by atoms with Crippen LogP contribution in [0.5, 0.6) is 11.5 Å². The lowest BCUT2D eigenvalue weighted by Crippen LogP contribution is -2.54. The maximum Gasteiger partial charge on any atom is 0.335 e. The minimum atomic E-state index is -0.892. The minimum Gasteiger partial charge on any atom is -0.490 e. The summed E-state index contributed by atoms with van der Waals surface area (Å²) < 4.78 is 11.8. The van der Waals surface area contributed by atoms with Crippen molar-refractivity contribution < 1.29 is 28.7 Å². The van der Waals surface area contributed by atoms with Gasteiger partial charge in [-0.3, -0.25) is 19.7 Å². The van der Waals surface area contributed by atoms with Gasteiger partial charge < -0.3 is 14.8 Å². The molecule has 1 saturated heterocycles. The molecule has 0 aromatic heterocycles. The van der Waals surface area contributed by atoms with Crippen LogP contribution in [0.4, 0.5) is 16.2 Å². The molecule has 0 aliphatic carbocycles. The van der Waals surface area contributed by atoms with Crippen molar-refractivity contribution in [3.8, 4) is 11.5 Å². The van der Waals surface area contributed by atoms with Crippen LogP contribution in [0.25, 0.3) is 6.08 Å². The summed E-state index contributed by atoms with van der Waals surface area (Å²) in [7, 11) is 0. The molecular weight excluding hydrogens is 661 g/mol. The van der Waals surface area contributed by atoms with Gasteiger partial charge in [0.15, 0.2) is 18.1 Å². The van der Waals surface area contributed by atoms with Gasteiger partial charge in [0.25, 0.3) is 17.7 Å². The van der Waals surface area contributed by atoms with E-state index in [2.05, 4.69) is 26.6 Å². The molecule has 1 heterocycles. The van der Waals surface area contributed by atoms with Crippen LogP contribution in [0.3, 0.4) is 0 Å². The van der Waals surface area contributed by atoms with Crippen LogP contribution in [0.2, 0.25) is 15.1 Å². The summed E-state index contributed by atoms with van der Waals surface area (Å²) in [5, 5.41) is 5.84. The average Bonchev–Trinajstić information content (AvgIpc) is 2.90. The molecule has 3 aromatic rings. The summed E-state index contributed by atoms with van der Waals surface area (Å²) >= 11 is 21.5. The van der Waals surface area contributed by atoms with Crippen LogP contribution in [-0.2, 0) is 14.4 Å². The molecule has 1 fully saturated rings. The van der Waals surface area contributed by atoms with Gasteiger partial charge in [-0.05, 0) is 89.4 Å². The summed E-state index contributed by atoms with van der Waals surface area (Å²) in [6.07, 6.45) is 1.32. The maximum absolute atomic E-state index is 13.3. The number of urea groups is 1. The van der Waals surface area contributed by atoms with Gasteiger partial charge in [-0.1, -0.05) is 40.9 Å². The van der Waals surface area contributed by atoms with E-state index in [9.17, 15) is 19.2 Å². The molecule has 1 aliphatic heterocycles. The van der Waals surface area contributed by atoms with Crippen molar-refractivity contribution >= 4 is 91.9 Å². The Bertz CT molecular complexity index is 1610. The molecule has 1 aliphatic rings. The van der Waals surface area contributed by atoms with Crippen LogP contribution >= 0.6 is 50.7 Å². The molecule has 0 spiro atoms. The van der Waals surface area contributed by atoms with Crippen molar-refractivity contribution in [2.75, 3.05) is 23.4 Å². The predicted molar refractivity (Wildman–Crippen MR) is 161 cm³/mol. The van der Waals surface area contributed by atoms with E-state index < -0.39 is 23.8 Å². The largest absolute Gasteiger partial charge is 0.490 e. The van der Waals surface area contributed by atoms with Crippen LogP contribution < -0.4 is 25.0 Å². The summed E-state index contributed by atoms with van der Waals surface area (Å²) in [5.74, 6) is -1.67. The second-order valence-electron chi connectivity index (χ2n) is 8.62. The van der Waals surface area contributed by atoms with Crippen LogP contribution in [0.15, 0.2) is 58.6 Å². The van der Waals surface area contributed by atoms with Crippen molar-refractivity contribution in [3.63, 3.8) is 0 Å². The lowest BCUT2D eigenvalue weighted by Gasteiger charge is -2.26. The fourth-order valence-electron chi connectivity index (χ4n) is 3.76. The Morgan fingerprint density at radius 1 is 1.00 bits per heavy atom. The highest BCUT2D eigenvalue weighted by Crippen LogP contribution is 2.38. The first kappa shape index (κ1) is 30.4. The zero-order chi connectivity index (χ0) is 29.8. The SMILES string of the molecule is CCOc1cc(/C=C2\C(=O)NC(=O)N(c3ccc(C)c(Cl)c3)C2=O)cc(Br)c1OCC(=O)Nc1ccc(Cl)c(Cl)c1. The fraction of sp³-hybridized carbons (Fsp3) is 0.143. The Balaban J connectivity index is 1.58. The summed E-state index contributed by atoms with van der Waals surface area (Å²) in [6, 6.07) is 11.6. The molecule has 13 heteroatoms. The van der Waals surface area contributed by atoms with Gasteiger partial charge in [0, 0.05) is 10.7 Å². The Labute approximate surface area is 258 Å². The molecule has 41 heavy (non-hydrogen) atoms. The number of benzene rings is 3. The quantitative estimate of drug-likeness (QED) is 0.200. The second-order valence-corrected chi connectivity index (χ2v) is 10.7. The van der Waals surface area contributed by atoms with E-state index >= 15 is 0 Å². The Kier molecular flexibility index (Phi) is 9.60. The number of hydrogen-bond donors (Lipinski definition) is 2. The van der Waals surface area contributed by atoms with E-state index in [4.69, 9.17) is 44.3 Å². The number of carbonyl (C=O) groups is 4. The first-order chi connectivity index (χ1) is 19.5. The van der Waals surface area contributed by atoms with E-state index in [0.29, 0.717) is 25.8 Å². The summed E-state index contributed by atoms with van der Waals surface area (Å²) in [4.78, 5) is 51.8. The van der Waals surface area contributed by atoms with Crippen molar-refractivity contribution in [1.82, 2.24) is 5.32 Å². The number of carbonyl (C=O) groups excluding carboxylic acids is 4. The molecular formula is C28H21BrCl3N3O6. The van der Waals surface area contributed by atoms with Crippen molar-refractivity contribution in [1.29, 1.82) is 0 Å². The smallest absolute Gasteiger partial charge is 0.335 e. The fourth-order valence-corrected chi connectivity index (χ4v) is 4.81. The first-order valence-electron chi connectivity index (χ1n) is 12.0. The van der Waals surface area contributed by atoms with Gasteiger partial charge in [0.2, 0.25) is 0 Å². The molecule has 0 atom stereocenters. The van der Waals surface area contributed by atoms with Gasteiger partial charge in [-0.2, -0.15) is 0 Å². The van der Waals surface area contributed by atoms with Crippen LogP contribution in [0, 0.1) is 6.92 Å². The average molecular weight is 682 g/mol. The Hall–Kier alpha value is -3.57. The lowest BCUT2D eigenvalue weighted by molar-refractivity contribution is -0.122. The van der Waals surface area contributed by atoms with E-state index in [1.807, 2.05) is 0 Å². The normalized spacial score (nSPS) is 14.2. The third-order valence-electron chi connectivity index (χ3n) is 5.71. The highest BCUT2D eigenvalue weighted by atomic mass is 79.9. The highest BCUT2D eigenvalue weighted by molar-refractivity contribution is 9.10. The number of barbiturate groups is 1. The number of hydrogen-bond acceptors (Lipinski definition) is 6. The van der Waals surface area contributed by atoms with Crippen molar-refractivity contribution in [2.24, 2.45) is 0 Å². The number of rotatable bonds is 8. The zero-order valence-electron chi connectivity index (χ0n) is 21.5. The van der Waals surface area contributed by atoms with E-state index in [1.54, 1.807) is 44.2 Å². The van der Waals surface area contributed by atoms with Gasteiger partial charge >= 0.3 is 6.03 Å². The number of imide groups is 2. The van der Waals surface area contributed by atoms with Gasteiger partial charge in [0.1, 0.15) is 5.57 Å². The third-order valence-corrected chi connectivity index (χ3v) is 7.44. The molecule has 0 bridgehead atoms. The van der Waals surface area contributed by atoms with Gasteiger partial charge in [-0.15, -0.1) is 0 Å². The molecule has 0 saturated carbocycles. The highest BCUT2D eigenvalue weighted by Gasteiger charge is 2.37. The van der Waals surface area contributed by atoms with Crippen molar-refractivity contribution in [2.45, 2.75) is 13.8 Å². The van der Waals surface area contributed by atoms with E-state index in [0.717, 1.165) is 10.5 Å². The maximum atomic E-state index is 13.3. The summed E-state index contributed by atoms with van der Waals surface area (Å²) in [5.41, 5.74) is 1.51. The van der Waals surface area contributed by atoms with Gasteiger partial charge in [-0.25, -0.2) is 9.69 Å². The Morgan fingerprint density at radius 2 is 1.76 bits per heavy atom. The lowest BCUT2D eigenvalue weighted by atomic mass is 10.1. The third kappa shape index (κ3) is 7.02. The number of aryl methyl sites for hydroxylation is 1. The number of halogens is 4. The van der Waals surface area contributed by atoms with E-state index in [1.165, 1.54) is 24.3 Å². The topological polar surface area (TPSA) is 114 Å². The molecule has 5 amide bonds. The zero-order valence-corrected chi connectivity index (χ0v) is 25.4. The number of ether oxygens (including phenoxy) is 2. The molecule has 0 radical (unpaired) electrons. The number of amides is 5. The van der Waals surface area contributed by atoms with Crippen molar-refractivity contribution in [3.05, 3.63) is 84.8 Å². The minimum absolute atomic E-state index is 0.209. The van der Waals surface area contributed by atoms with E-state index in [-0.39, 0.29) is 41.0 Å².